The molecule has 0 aromatic heterocycles. The summed E-state index contributed by atoms with van der Waals surface area (Å²) in [5.74, 6) is 0. The summed E-state index contributed by atoms with van der Waals surface area (Å²) >= 11 is 0. The second-order valence-corrected chi connectivity index (χ2v) is 14.3. The highest BCUT2D eigenvalue weighted by atomic mass is 35.5. The lowest BCUT2D eigenvalue weighted by atomic mass is 10.1. The van der Waals surface area contributed by atoms with Crippen molar-refractivity contribution in [2.75, 3.05) is 40.4 Å². The van der Waals surface area contributed by atoms with Gasteiger partial charge in [0.2, 0.25) is 0 Å². The molecule has 0 aliphatic carbocycles. The predicted molar refractivity (Wildman–Crippen MR) is 200 cm³/mol. The van der Waals surface area contributed by atoms with E-state index in [9.17, 15) is 0 Å². The summed E-state index contributed by atoms with van der Waals surface area (Å²) in [5, 5.41) is 0. The normalized spacial score (nSPS) is 18.2. The SMILES string of the molecule is CCCCC/C=C\C/C=C\CCCCCCCCOC1C[N+](C)(C)C[C@H]1OCCCCCCCC/C=C\C/C=C\CCCCC.[Cl-]. The molecule has 46 heavy (non-hydrogen) atoms. The van der Waals surface area contributed by atoms with E-state index in [1.807, 2.05) is 0 Å². The maximum atomic E-state index is 6.39. The van der Waals surface area contributed by atoms with Gasteiger partial charge in [0.05, 0.1) is 14.1 Å². The van der Waals surface area contributed by atoms with Gasteiger partial charge < -0.3 is 26.4 Å². The second-order valence-electron chi connectivity index (χ2n) is 14.3. The average molecular weight is 665 g/mol. The minimum Gasteiger partial charge on any atom is -1.00 e. The Labute approximate surface area is 294 Å². The summed E-state index contributed by atoms with van der Waals surface area (Å²) in [6.07, 6.45) is 50.3. The van der Waals surface area contributed by atoms with Gasteiger partial charge in [0.15, 0.2) is 0 Å². The maximum Gasteiger partial charge on any atom is 0.138 e. The van der Waals surface area contributed by atoms with Crippen LogP contribution in [0.1, 0.15) is 168 Å². The summed E-state index contributed by atoms with van der Waals surface area (Å²) in [7, 11) is 4.64. The van der Waals surface area contributed by atoms with Crippen LogP contribution in [0.15, 0.2) is 48.6 Å². The Bertz CT molecular complexity index is 684. The molecule has 0 amide bonds. The van der Waals surface area contributed by atoms with Crippen LogP contribution in [-0.4, -0.2) is 57.1 Å². The summed E-state index contributed by atoms with van der Waals surface area (Å²) in [6.45, 7) is 8.48. The molecule has 0 spiro atoms. The largest absolute Gasteiger partial charge is 1.00 e. The lowest BCUT2D eigenvalue weighted by Gasteiger charge is -2.22. The van der Waals surface area contributed by atoms with Crippen molar-refractivity contribution < 1.29 is 26.4 Å². The van der Waals surface area contributed by atoms with Gasteiger partial charge in [-0.3, -0.25) is 0 Å². The summed E-state index contributed by atoms with van der Waals surface area (Å²) < 4.78 is 13.8. The lowest BCUT2D eigenvalue weighted by Crippen LogP contribution is -3.00. The zero-order valence-electron chi connectivity index (χ0n) is 31.2. The topological polar surface area (TPSA) is 18.5 Å². The third kappa shape index (κ3) is 29.3. The van der Waals surface area contributed by atoms with Gasteiger partial charge in [-0.25, -0.2) is 0 Å². The van der Waals surface area contributed by atoms with E-state index < -0.39 is 0 Å². The molecule has 1 heterocycles. The van der Waals surface area contributed by atoms with Crippen LogP contribution >= 0.6 is 0 Å². The van der Waals surface area contributed by atoms with Crippen molar-refractivity contribution in [3.05, 3.63) is 48.6 Å². The number of ether oxygens (including phenoxy) is 2. The third-order valence-electron chi connectivity index (χ3n) is 9.12. The molecular formula is C42H78ClNO2. The number of hydrogen-bond acceptors (Lipinski definition) is 2. The van der Waals surface area contributed by atoms with Crippen LogP contribution in [0.2, 0.25) is 0 Å². The van der Waals surface area contributed by atoms with Gasteiger partial charge in [-0.05, 0) is 77.0 Å². The van der Waals surface area contributed by atoms with E-state index in [0.29, 0.717) is 0 Å². The van der Waals surface area contributed by atoms with Crippen LogP contribution in [0.3, 0.4) is 0 Å². The highest BCUT2D eigenvalue weighted by Crippen LogP contribution is 2.22. The molecule has 0 bridgehead atoms. The Morgan fingerprint density at radius 3 is 1.09 bits per heavy atom. The zero-order valence-corrected chi connectivity index (χ0v) is 32.0. The number of halogens is 1. The lowest BCUT2D eigenvalue weighted by molar-refractivity contribution is -0.880. The standard InChI is InChI=1S/C42H78NO2.ClH/c1-5-7-9-11-13-15-17-19-21-23-25-27-29-31-33-35-37-44-41-39-43(3,4)40-42(41)45-38-36-34-32-30-28-26-24-22-20-18-16-14-12-10-8-6-2;/h13-16,19-22,41-42H,5-12,17-18,23-40H2,1-4H3;1H/q+1;/p-1/b15-13-,16-14-,21-19-,22-20-;/t41-,42?;/m1./s1. The minimum absolute atomic E-state index is 0. The number of unbranched alkanes of at least 4 members (excludes halogenated alkanes) is 18. The van der Waals surface area contributed by atoms with Crippen LogP contribution in [0.4, 0.5) is 0 Å². The highest BCUT2D eigenvalue weighted by Gasteiger charge is 2.41. The summed E-state index contributed by atoms with van der Waals surface area (Å²) in [5.41, 5.74) is 0. The van der Waals surface area contributed by atoms with E-state index in [-0.39, 0.29) is 24.6 Å². The smallest absolute Gasteiger partial charge is 0.138 e. The molecule has 4 heteroatoms. The van der Waals surface area contributed by atoms with Crippen LogP contribution < -0.4 is 12.4 Å². The maximum absolute atomic E-state index is 6.39. The van der Waals surface area contributed by atoms with E-state index in [1.54, 1.807) is 0 Å². The molecule has 1 aliphatic heterocycles. The van der Waals surface area contributed by atoms with E-state index in [0.717, 1.165) is 43.6 Å². The molecule has 3 nitrogen and oxygen atoms in total. The molecule has 1 saturated heterocycles. The number of likely N-dealkylation sites (tertiary alicyclic amines) is 1. The number of likely N-dealkylation sites (N-methyl/N-ethyl adjacent to an activating group) is 1. The molecule has 270 valence electrons. The number of allylic oxidation sites excluding steroid dienone is 8. The van der Waals surface area contributed by atoms with Gasteiger partial charge in [-0.1, -0.05) is 140 Å². The van der Waals surface area contributed by atoms with Gasteiger partial charge in [0.25, 0.3) is 0 Å². The van der Waals surface area contributed by atoms with Crippen molar-refractivity contribution >= 4 is 0 Å². The molecule has 1 unspecified atom stereocenters. The molecular weight excluding hydrogens is 586 g/mol. The number of nitrogens with zero attached hydrogens (tertiary/aromatic N) is 1. The monoisotopic (exact) mass is 664 g/mol. The van der Waals surface area contributed by atoms with Crippen molar-refractivity contribution in [3.63, 3.8) is 0 Å². The molecule has 1 fully saturated rings. The molecule has 0 aromatic carbocycles. The van der Waals surface area contributed by atoms with Crippen molar-refractivity contribution in [1.82, 2.24) is 0 Å². The van der Waals surface area contributed by atoms with Gasteiger partial charge in [0.1, 0.15) is 25.3 Å². The van der Waals surface area contributed by atoms with Crippen LogP contribution in [0, 0.1) is 0 Å². The van der Waals surface area contributed by atoms with Gasteiger partial charge in [-0.2, -0.15) is 0 Å². The molecule has 2 atom stereocenters. The number of quaternary nitrogens is 1. The van der Waals surface area contributed by atoms with Crippen molar-refractivity contribution in [2.45, 2.75) is 180 Å². The van der Waals surface area contributed by atoms with Crippen LogP contribution in [0.25, 0.3) is 0 Å². The number of rotatable bonds is 32. The first-order chi connectivity index (χ1) is 22.1. The first-order valence-corrected chi connectivity index (χ1v) is 19.7. The Kier molecular flexibility index (Phi) is 33.4. The van der Waals surface area contributed by atoms with Crippen molar-refractivity contribution in [2.24, 2.45) is 0 Å². The van der Waals surface area contributed by atoms with Crippen LogP contribution in [0.5, 0.6) is 0 Å². The molecule has 0 N–H and O–H groups in total. The average Bonchev–Trinajstić information content (AvgIpc) is 3.32. The van der Waals surface area contributed by atoms with E-state index in [1.165, 1.54) is 141 Å². The number of hydrogen-bond donors (Lipinski definition) is 0. The molecule has 1 rings (SSSR count). The van der Waals surface area contributed by atoms with E-state index in [2.05, 4.69) is 76.6 Å². The Morgan fingerprint density at radius 1 is 0.435 bits per heavy atom. The summed E-state index contributed by atoms with van der Waals surface area (Å²) in [4.78, 5) is 0. The van der Waals surface area contributed by atoms with Crippen LogP contribution in [-0.2, 0) is 9.47 Å². The first-order valence-electron chi connectivity index (χ1n) is 19.7. The second kappa shape index (κ2) is 34.0. The van der Waals surface area contributed by atoms with Gasteiger partial charge in [-0.15, -0.1) is 0 Å². The molecule has 0 saturated carbocycles. The Balaban J connectivity index is 0.0000202. The molecule has 0 aromatic rings. The Hall–Kier alpha value is -0.870. The minimum atomic E-state index is 0. The van der Waals surface area contributed by atoms with Gasteiger partial charge >= 0.3 is 0 Å². The third-order valence-corrected chi connectivity index (χ3v) is 9.12. The fourth-order valence-electron chi connectivity index (χ4n) is 6.25. The molecule has 1 aliphatic rings. The highest BCUT2D eigenvalue weighted by molar-refractivity contribution is 4.93. The summed E-state index contributed by atoms with van der Waals surface area (Å²) in [6, 6.07) is 0. The van der Waals surface area contributed by atoms with E-state index in [4.69, 9.17) is 9.47 Å². The fraction of sp³-hybridized carbons (Fsp3) is 0.810. The van der Waals surface area contributed by atoms with Gasteiger partial charge in [0, 0.05) is 13.2 Å². The Morgan fingerprint density at radius 2 is 0.739 bits per heavy atom. The predicted octanol–water partition coefficient (Wildman–Crippen LogP) is 9.48. The fourth-order valence-corrected chi connectivity index (χ4v) is 6.25. The molecule has 0 radical (unpaired) electrons. The quantitative estimate of drug-likeness (QED) is 0.0406. The zero-order chi connectivity index (χ0) is 32.5. The van der Waals surface area contributed by atoms with Crippen molar-refractivity contribution in [3.8, 4) is 0 Å². The van der Waals surface area contributed by atoms with Crippen molar-refractivity contribution in [1.29, 1.82) is 0 Å². The first kappa shape index (κ1) is 45.1. The van der Waals surface area contributed by atoms with E-state index >= 15 is 0 Å².